The molecular weight excluding hydrogens is 564 g/mol. The summed E-state index contributed by atoms with van der Waals surface area (Å²) in [6, 6.07) is 18.4. The van der Waals surface area contributed by atoms with Crippen molar-refractivity contribution in [2.45, 2.75) is 49.8 Å². The highest BCUT2D eigenvalue weighted by Crippen LogP contribution is 2.41. The molecule has 40 heavy (non-hydrogen) atoms. The molecule has 0 aliphatic rings. The molecule has 0 saturated heterocycles. The van der Waals surface area contributed by atoms with E-state index in [4.69, 9.17) is 4.74 Å². The molecule has 0 heterocycles. The Balaban J connectivity index is 0.000000425. The maximum Gasteiger partial charge on any atom is 0.406 e. The van der Waals surface area contributed by atoms with Gasteiger partial charge in [0.2, 0.25) is 12.0 Å². The molecule has 0 radical (unpaired) electrons. The van der Waals surface area contributed by atoms with Crippen LogP contribution in [-0.4, -0.2) is 37.3 Å². The van der Waals surface area contributed by atoms with Crippen molar-refractivity contribution in [3.63, 3.8) is 0 Å². The highest BCUT2D eigenvalue weighted by Gasteiger charge is 2.65. The average molecular weight is 592 g/mol. The predicted octanol–water partition coefficient (Wildman–Crippen LogP) is 5.06. The lowest BCUT2D eigenvalue weighted by Crippen LogP contribution is -2.95. The Labute approximate surface area is 227 Å². The van der Waals surface area contributed by atoms with E-state index in [0.29, 0.717) is 11.1 Å². The number of esters is 1. The van der Waals surface area contributed by atoms with Crippen LogP contribution in [0.2, 0.25) is 0 Å². The lowest BCUT2D eigenvalue weighted by Gasteiger charge is -2.29. The molecule has 3 aromatic rings. The SMILES string of the molecule is C[C@@H]([NH2+][C@@H](C(=O)OCc1ccccc1)C(C(F)(F)F)C(F)(F)F)c1ccccc1.Cc1ccc(S(=O)(=O)[O-])cc1. The minimum atomic E-state index is -5.67. The normalized spacial score (nSPS) is 13.7. The number of halogens is 6. The smallest absolute Gasteiger partial charge is 0.406 e. The summed E-state index contributed by atoms with van der Waals surface area (Å²) in [7, 11) is -4.27. The molecule has 2 N–H and O–H groups in total. The minimum absolute atomic E-state index is 0.178. The number of rotatable bonds is 8. The number of hydrogen-bond donors (Lipinski definition) is 1. The third kappa shape index (κ3) is 10.3. The summed E-state index contributed by atoms with van der Waals surface area (Å²) in [6.07, 6.45) is -11.3. The number of ether oxygens (including phenoxy) is 1. The van der Waals surface area contributed by atoms with E-state index in [1.165, 1.54) is 19.1 Å². The molecule has 3 rings (SSSR count). The number of nitrogens with two attached hydrogens (primary N) is 1. The Bertz CT molecular complexity index is 1300. The lowest BCUT2D eigenvalue weighted by atomic mass is 9.96. The molecule has 6 nitrogen and oxygen atoms in total. The Kier molecular flexibility index (Phi) is 11.3. The summed E-state index contributed by atoms with van der Waals surface area (Å²) < 4.78 is 116. The van der Waals surface area contributed by atoms with E-state index in [0.717, 1.165) is 10.9 Å². The fourth-order valence-corrected chi connectivity index (χ4v) is 4.10. The molecule has 218 valence electrons. The van der Waals surface area contributed by atoms with Crippen LogP contribution < -0.4 is 5.32 Å². The van der Waals surface area contributed by atoms with Gasteiger partial charge in [-0.3, -0.25) is 0 Å². The molecule has 0 unspecified atom stereocenters. The van der Waals surface area contributed by atoms with Gasteiger partial charge in [-0.25, -0.2) is 13.2 Å². The first-order chi connectivity index (χ1) is 18.5. The summed E-state index contributed by atoms with van der Waals surface area (Å²) in [5.74, 6) is -5.43. The number of quaternary nitrogens is 1. The summed E-state index contributed by atoms with van der Waals surface area (Å²) >= 11 is 0. The van der Waals surface area contributed by atoms with Gasteiger partial charge in [-0.05, 0) is 31.5 Å². The van der Waals surface area contributed by atoms with Crippen LogP contribution in [0, 0.1) is 12.8 Å². The van der Waals surface area contributed by atoms with Crippen molar-refractivity contribution < 1.29 is 54.2 Å². The number of hydrogen-bond acceptors (Lipinski definition) is 5. The summed E-state index contributed by atoms with van der Waals surface area (Å²) in [4.78, 5) is 12.2. The van der Waals surface area contributed by atoms with Crippen LogP contribution >= 0.6 is 0 Å². The van der Waals surface area contributed by atoms with Gasteiger partial charge in [0.1, 0.15) is 22.8 Å². The number of benzene rings is 3. The van der Waals surface area contributed by atoms with Crippen molar-refractivity contribution in [3.05, 3.63) is 102 Å². The van der Waals surface area contributed by atoms with E-state index in [-0.39, 0.29) is 4.90 Å². The number of alkyl halides is 6. The van der Waals surface area contributed by atoms with Gasteiger partial charge in [-0.15, -0.1) is 0 Å². The van der Waals surface area contributed by atoms with Gasteiger partial charge in [0.05, 0.1) is 4.90 Å². The predicted molar refractivity (Wildman–Crippen MR) is 132 cm³/mol. The van der Waals surface area contributed by atoms with Gasteiger partial charge >= 0.3 is 18.3 Å². The van der Waals surface area contributed by atoms with Crippen molar-refractivity contribution in [1.29, 1.82) is 0 Å². The molecule has 0 amide bonds. The third-order valence-electron chi connectivity index (χ3n) is 5.69. The summed E-state index contributed by atoms with van der Waals surface area (Å²) in [6.45, 7) is 2.82. The fourth-order valence-electron chi connectivity index (χ4n) is 3.63. The van der Waals surface area contributed by atoms with Crippen LogP contribution in [0.5, 0.6) is 0 Å². The van der Waals surface area contributed by atoms with Crippen molar-refractivity contribution in [2.75, 3.05) is 0 Å². The van der Waals surface area contributed by atoms with Crippen molar-refractivity contribution in [1.82, 2.24) is 0 Å². The van der Waals surface area contributed by atoms with E-state index in [2.05, 4.69) is 0 Å². The lowest BCUT2D eigenvalue weighted by molar-refractivity contribution is -0.728. The topological polar surface area (TPSA) is 100 Å². The first-order valence-electron chi connectivity index (χ1n) is 11.8. The van der Waals surface area contributed by atoms with Gasteiger partial charge in [0.15, 0.2) is 0 Å². The van der Waals surface area contributed by atoms with E-state index in [1.807, 2.05) is 6.92 Å². The standard InChI is InChI=1S/C20H19F6NO2.C7H8O3S/c1-13(15-10-6-3-7-11-15)27-16(17(19(21,22)23)20(24,25)26)18(28)29-12-14-8-4-2-5-9-14;1-6-2-4-7(5-3-6)11(8,9)10/h2-11,13,16-17,27H,12H2,1H3;2-5H,1H3,(H,8,9,10)/t13-,16-;/m1./s1. The first kappa shape index (κ1) is 32.8. The van der Waals surface area contributed by atoms with E-state index in [9.17, 15) is 44.1 Å². The van der Waals surface area contributed by atoms with Gasteiger partial charge in [-0.2, -0.15) is 26.3 Å². The molecule has 0 spiro atoms. The van der Waals surface area contributed by atoms with Gasteiger partial charge in [0.25, 0.3) is 0 Å². The van der Waals surface area contributed by atoms with Crippen LogP contribution in [-0.2, 0) is 26.3 Å². The maximum atomic E-state index is 13.3. The zero-order valence-electron chi connectivity index (χ0n) is 21.3. The Morgan fingerprint density at radius 1 is 0.850 bits per heavy atom. The zero-order chi connectivity index (χ0) is 30.1. The maximum absolute atomic E-state index is 13.3. The first-order valence-corrected chi connectivity index (χ1v) is 13.2. The molecule has 0 fully saturated rings. The van der Waals surface area contributed by atoms with Gasteiger partial charge in [-0.1, -0.05) is 78.4 Å². The highest BCUT2D eigenvalue weighted by atomic mass is 32.2. The minimum Gasteiger partial charge on any atom is -0.744 e. The Hall–Kier alpha value is -3.42. The molecule has 13 heteroatoms. The number of carbonyl (C=O) groups is 1. The average Bonchev–Trinajstić information content (AvgIpc) is 2.86. The molecule has 3 aromatic carbocycles. The summed E-state index contributed by atoms with van der Waals surface area (Å²) in [5.41, 5.74) is 1.86. The molecule has 0 bridgehead atoms. The van der Waals surface area contributed by atoms with Gasteiger partial charge < -0.3 is 14.6 Å². The molecule has 0 saturated carbocycles. The van der Waals surface area contributed by atoms with Crippen LogP contribution in [0.4, 0.5) is 26.3 Å². The zero-order valence-corrected chi connectivity index (χ0v) is 22.1. The van der Waals surface area contributed by atoms with Crippen LogP contribution in [0.25, 0.3) is 0 Å². The molecule has 0 aliphatic carbocycles. The third-order valence-corrected chi connectivity index (χ3v) is 6.54. The molecule has 0 aliphatic heterocycles. The van der Waals surface area contributed by atoms with Crippen LogP contribution in [0.1, 0.15) is 29.7 Å². The van der Waals surface area contributed by atoms with Crippen molar-refractivity contribution in [3.8, 4) is 0 Å². The van der Waals surface area contributed by atoms with Crippen molar-refractivity contribution >= 4 is 16.1 Å². The van der Waals surface area contributed by atoms with E-state index >= 15 is 0 Å². The van der Waals surface area contributed by atoms with E-state index in [1.54, 1.807) is 72.8 Å². The molecule has 0 aromatic heterocycles. The number of aryl methyl sites for hydroxylation is 1. The number of carbonyl (C=O) groups excluding carboxylic acids is 1. The van der Waals surface area contributed by atoms with Crippen LogP contribution in [0.3, 0.4) is 0 Å². The Morgan fingerprint density at radius 2 is 1.32 bits per heavy atom. The molecule has 2 atom stereocenters. The fraction of sp³-hybridized carbons (Fsp3) is 0.296. The second-order valence-electron chi connectivity index (χ2n) is 8.84. The second-order valence-corrected chi connectivity index (χ2v) is 10.2. The van der Waals surface area contributed by atoms with Gasteiger partial charge in [0, 0.05) is 5.56 Å². The second kappa shape index (κ2) is 13.8. The van der Waals surface area contributed by atoms with Crippen LogP contribution in [0.15, 0.2) is 89.8 Å². The monoisotopic (exact) mass is 591 g/mol. The summed E-state index contributed by atoms with van der Waals surface area (Å²) in [5, 5.41) is 0.758. The highest BCUT2D eigenvalue weighted by molar-refractivity contribution is 7.85. The quantitative estimate of drug-likeness (QED) is 0.224. The van der Waals surface area contributed by atoms with E-state index < -0.39 is 53.0 Å². The Morgan fingerprint density at radius 3 is 1.77 bits per heavy atom. The van der Waals surface area contributed by atoms with Crippen molar-refractivity contribution in [2.24, 2.45) is 5.92 Å². The largest absolute Gasteiger partial charge is 0.744 e. The molecular formula is C27H27F6NO5S.